The van der Waals surface area contributed by atoms with Crippen molar-refractivity contribution >= 4 is 22.5 Å². The van der Waals surface area contributed by atoms with E-state index in [0.717, 1.165) is 28.0 Å². The SMILES string of the molecule is CCC(N)c1cc2ccc(Cl)cc2[nH]1. The highest BCUT2D eigenvalue weighted by molar-refractivity contribution is 6.31. The van der Waals surface area contributed by atoms with Crippen molar-refractivity contribution in [3.8, 4) is 0 Å². The van der Waals surface area contributed by atoms with Gasteiger partial charge in [-0.25, -0.2) is 0 Å². The molecule has 1 heterocycles. The molecule has 2 aromatic rings. The lowest BCUT2D eigenvalue weighted by Crippen LogP contribution is -2.08. The van der Waals surface area contributed by atoms with E-state index in [1.54, 1.807) is 0 Å². The van der Waals surface area contributed by atoms with Crippen LogP contribution in [0.5, 0.6) is 0 Å². The van der Waals surface area contributed by atoms with Crippen molar-refractivity contribution in [2.75, 3.05) is 0 Å². The second-order valence-electron chi connectivity index (χ2n) is 3.47. The zero-order valence-electron chi connectivity index (χ0n) is 8.05. The molecular formula is C11H13ClN2. The summed E-state index contributed by atoms with van der Waals surface area (Å²) in [6.07, 6.45) is 0.931. The first-order chi connectivity index (χ1) is 6.70. The Morgan fingerprint density at radius 1 is 1.43 bits per heavy atom. The van der Waals surface area contributed by atoms with E-state index in [1.165, 1.54) is 0 Å². The molecule has 14 heavy (non-hydrogen) atoms. The molecule has 0 saturated carbocycles. The Balaban J connectivity index is 2.51. The molecule has 0 aliphatic carbocycles. The molecule has 2 rings (SSSR count). The number of aromatic nitrogens is 1. The number of halogens is 1. The van der Waals surface area contributed by atoms with Crippen LogP contribution < -0.4 is 5.73 Å². The van der Waals surface area contributed by atoms with Crippen molar-refractivity contribution in [3.05, 3.63) is 35.0 Å². The third-order valence-electron chi connectivity index (χ3n) is 2.44. The van der Waals surface area contributed by atoms with Crippen LogP contribution in [0.4, 0.5) is 0 Å². The van der Waals surface area contributed by atoms with Crippen molar-refractivity contribution in [1.29, 1.82) is 0 Å². The van der Waals surface area contributed by atoms with Crippen LogP contribution in [-0.2, 0) is 0 Å². The number of hydrogen-bond acceptors (Lipinski definition) is 1. The maximum absolute atomic E-state index is 5.93. The Bertz CT molecular complexity index is 447. The highest BCUT2D eigenvalue weighted by Gasteiger charge is 2.06. The van der Waals surface area contributed by atoms with E-state index in [1.807, 2.05) is 18.2 Å². The molecular weight excluding hydrogens is 196 g/mol. The lowest BCUT2D eigenvalue weighted by atomic mass is 10.1. The summed E-state index contributed by atoms with van der Waals surface area (Å²) >= 11 is 5.89. The van der Waals surface area contributed by atoms with Crippen LogP contribution in [0, 0.1) is 0 Å². The summed E-state index contributed by atoms with van der Waals surface area (Å²) in [6.45, 7) is 2.07. The van der Waals surface area contributed by atoms with E-state index in [-0.39, 0.29) is 6.04 Å². The predicted octanol–water partition coefficient (Wildman–Crippen LogP) is 3.23. The Morgan fingerprint density at radius 2 is 2.21 bits per heavy atom. The van der Waals surface area contributed by atoms with Crippen LogP contribution in [0.25, 0.3) is 10.9 Å². The van der Waals surface area contributed by atoms with E-state index in [9.17, 15) is 0 Å². The number of hydrogen-bond donors (Lipinski definition) is 2. The van der Waals surface area contributed by atoms with E-state index in [4.69, 9.17) is 17.3 Å². The topological polar surface area (TPSA) is 41.8 Å². The molecule has 0 radical (unpaired) electrons. The van der Waals surface area contributed by atoms with Crippen molar-refractivity contribution in [1.82, 2.24) is 4.98 Å². The van der Waals surface area contributed by atoms with Gasteiger partial charge in [0.05, 0.1) is 0 Å². The zero-order chi connectivity index (χ0) is 10.1. The number of benzene rings is 1. The first-order valence-electron chi connectivity index (χ1n) is 4.74. The van der Waals surface area contributed by atoms with Gasteiger partial charge in [0.25, 0.3) is 0 Å². The highest BCUT2D eigenvalue weighted by atomic mass is 35.5. The van der Waals surface area contributed by atoms with E-state index in [0.29, 0.717) is 0 Å². The summed E-state index contributed by atoms with van der Waals surface area (Å²) in [4.78, 5) is 3.28. The Hall–Kier alpha value is -0.990. The lowest BCUT2D eigenvalue weighted by molar-refractivity contribution is 0.682. The summed E-state index contributed by atoms with van der Waals surface area (Å²) in [7, 11) is 0. The Morgan fingerprint density at radius 3 is 2.93 bits per heavy atom. The average Bonchev–Trinajstić information content (AvgIpc) is 2.59. The Kier molecular flexibility index (Phi) is 2.48. The lowest BCUT2D eigenvalue weighted by Gasteiger charge is -2.04. The fourth-order valence-corrected chi connectivity index (χ4v) is 1.71. The minimum Gasteiger partial charge on any atom is -0.357 e. The second-order valence-corrected chi connectivity index (χ2v) is 3.91. The summed E-state index contributed by atoms with van der Waals surface area (Å²) in [5.74, 6) is 0. The molecule has 1 unspecified atom stereocenters. The van der Waals surface area contributed by atoms with Crippen molar-refractivity contribution in [2.24, 2.45) is 5.73 Å². The molecule has 0 spiro atoms. The Labute approximate surface area is 88.1 Å². The van der Waals surface area contributed by atoms with Gasteiger partial charge >= 0.3 is 0 Å². The second kappa shape index (κ2) is 3.64. The van der Waals surface area contributed by atoms with Crippen LogP contribution >= 0.6 is 11.6 Å². The summed E-state index contributed by atoms with van der Waals surface area (Å²) in [5, 5.41) is 1.91. The van der Waals surface area contributed by atoms with Gasteiger partial charge in [-0.15, -0.1) is 0 Å². The molecule has 1 atom stereocenters. The third-order valence-corrected chi connectivity index (χ3v) is 2.68. The minimum absolute atomic E-state index is 0.0844. The molecule has 1 aromatic heterocycles. The van der Waals surface area contributed by atoms with Crippen LogP contribution in [0.2, 0.25) is 5.02 Å². The standard InChI is InChI=1S/C11H13ClN2/c1-2-9(13)11-5-7-3-4-8(12)6-10(7)14-11/h3-6,9,14H,2,13H2,1H3. The maximum atomic E-state index is 5.93. The molecule has 0 aliphatic heterocycles. The summed E-state index contributed by atoms with van der Waals surface area (Å²) < 4.78 is 0. The first-order valence-corrected chi connectivity index (χ1v) is 5.12. The molecule has 0 bridgehead atoms. The van der Waals surface area contributed by atoms with Gasteiger partial charge in [0, 0.05) is 22.3 Å². The molecule has 0 saturated heterocycles. The van der Waals surface area contributed by atoms with E-state index < -0.39 is 0 Å². The minimum atomic E-state index is 0.0844. The van der Waals surface area contributed by atoms with Gasteiger partial charge in [0.1, 0.15) is 0 Å². The first kappa shape index (κ1) is 9.56. The van der Waals surface area contributed by atoms with Gasteiger partial charge in [-0.2, -0.15) is 0 Å². The van der Waals surface area contributed by atoms with Crippen LogP contribution in [-0.4, -0.2) is 4.98 Å². The largest absolute Gasteiger partial charge is 0.357 e. The molecule has 1 aromatic carbocycles. The number of nitrogens with two attached hydrogens (primary N) is 1. The fraction of sp³-hybridized carbons (Fsp3) is 0.273. The number of rotatable bonds is 2. The number of aromatic amines is 1. The monoisotopic (exact) mass is 208 g/mol. The molecule has 0 aliphatic rings. The van der Waals surface area contributed by atoms with Gasteiger partial charge in [0.2, 0.25) is 0 Å². The normalized spacial score (nSPS) is 13.4. The van der Waals surface area contributed by atoms with Gasteiger partial charge in [-0.3, -0.25) is 0 Å². The van der Waals surface area contributed by atoms with Gasteiger partial charge in [0.15, 0.2) is 0 Å². The molecule has 3 N–H and O–H groups in total. The molecule has 3 heteroatoms. The van der Waals surface area contributed by atoms with Crippen molar-refractivity contribution < 1.29 is 0 Å². The number of H-pyrrole nitrogens is 1. The van der Waals surface area contributed by atoms with E-state index >= 15 is 0 Å². The molecule has 74 valence electrons. The highest BCUT2D eigenvalue weighted by Crippen LogP contribution is 2.23. The van der Waals surface area contributed by atoms with Crippen molar-refractivity contribution in [2.45, 2.75) is 19.4 Å². The molecule has 2 nitrogen and oxygen atoms in total. The van der Waals surface area contributed by atoms with Gasteiger partial charge in [-0.05, 0) is 30.0 Å². The van der Waals surface area contributed by atoms with E-state index in [2.05, 4.69) is 18.0 Å². The van der Waals surface area contributed by atoms with Gasteiger partial charge < -0.3 is 10.7 Å². The van der Waals surface area contributed by atoms with Crippen LogP contribution in [0.15, 0.2) is 24.3 Å². The predicted molar refractivity (Wildman–Crippen MR) is 60.5 cm³/mol. The van der Waals surface area contributed by atoms with Crippen molar-refractivity contribution in [3.63, 3.8) is 0 Å². The third kappa shape index (κ3) is 1.63. The quantitative estimate of drug-likeness (QED) is 0.782. The average molecular weight is 209 g/mol. The fourth-order valence-electron chi connectivity index (χ4n) is 1.54. The molecule has 0 fully saturated rings. The smallest absolute Gasteiger partial charge is 0.0471 e. The van der Waals surface area contributed by atoms with Crippen LogP contribution in [0.1, 0.15) is 25.1 Å². The summed E-state index contributed by atoms with van der Waals surface area (Å²) in [5.41, 5.74) is 8.06. The van der Waals surface area contributed by atoms with Gasteiger partial charge in [-0.1, -0.05) is 24.6 Å². The summed E-state index contributed by atoms with van der Waals surface area (Å²) in [6, 6.07) is 7.97. The van der Waals surface area contributed by atoms with Crippen LogP contribution in [0.3, 0.4) is 0 Å². The number of fused-ring (bicyclic) bond motifs is 1. The number of nitrogens with one attached hydrogen (secondary N) is 1. The zero-order valence-corrected chi connectivity index (χ0v) is 8.81. The molecule has 0 amide bonds. The maximum Gasteiger partial charge on any atom is 0.0471 e.